The lowest BCUT2D eigenvalue weighted by Crippen LogP contribution is -2.37. The van der Waals surface area contributed by atoms with Gasteiger partial charge >= 0.3 is 11.9 Å². The van der Waals surface area contributed by atoms with Crippen LogP contribution in [0.25, 0.3) is 0 Å². The van der Waals surface area contributed by atoms with E-state index < -0.39 is 32.5 Å². The highest BCUT2D eigenvalue weighted by Crippen LogP contribution is 2.38. The molecule has 0 aromatic heterocycles. The van der Waals surface area contributed by atoms with Crippen molar-refractivity contribution in [1.82, 2.24) is 0 Å². The molecule has 10 heteroatoms. The highest BCUT2D eigenvalue weighted by Gasteiger charge is 2.21. The molecular weight excluding hydrogens is 774 g/mol. The summed E-state index contributed by atoms with van der Waals surface area (Å²) in [4.78, 5) is 37.6. The van der Waals surface area contributed by atoms with Crippen molar-refractivity contribution in [3.8, 4) is 0 Å². The van der Waals surface area contributed by atoms with Gasteiger partial charge in [-0.1, -0.05) is 157 Å². The van der Waals surface area contributed by atoms with E-state index in [0.29, 0.717) is 23.9 Å². The quantitative estimate of drug-likeness (QED) is 0.0196. The molecule has 0 aliphatic carbocycles. The van der Waals surface area contributed by atoms with Crippen molar-refractivity contribution in [3.05, 3.63) is 85.1 Å². The van der Waals surface area contributed by atoms with Gasteiger partial charge in [0.05, 0.1) is 27.7 Å². The minimum absolute atomic E-state index is 0.0449. The second kappa shape index (κ2) is 41.5. The largest absolute Gasteiger partial charge is 0.756 e. The van der Waals surface area contributed by atoms with E-state index in [1.54, 1.807) is 0 Å². The van der Waals surface area contributed by atoms with Crippen LogP contribution in [-0.2, 0) is 32.7 Å². The van der Waals surface area contributed by atoms with Crippen molar-refractivity contribution >= 4 is 19.8 Å². The van der Waals surface area contributed by atoms with Crippen LogP contribution >= 0.6 is 7.82 Å². The zero-order valence-corrected chi connectivity index (χ0v) is 39.5. The van der Waals surface area contributed by atoms with Crippen LogP contribution in [0.3, 0.4) is 0 Å². The number of phosphoric ester groups is 1. The Kier molecular flexibility index (Phi) is 39.6. The van der Waals surface area contributed by atoms with Gasteiger partial charge < -0.3 is 27.9 Å². The first-order chi connectivity index (χ1) is 29.0. The number of quaternary nitrogens is 1. The fourth-order valence-electron chi connectivity index (χ4n) is 5.78. The van der Waals surface area contributed by atoms with Gasteiger partial charge in [0.15, 0.2) is 6.10 Å². The Labute approximate surface area is 367 Å². The van der Waals surface area contributed by atoms with Crippen LogP contribution in [0.5, 0.6) is 0 Å². The second-order valence-corrected chi connectivity index (χ2v) is 17.8. The molecule has 0 spiro atoms. The first kappa shape index (κ1) is 57.2. The number of hydrogen-bond acceptors (Lipinski definition) is 8. The van der Waals surface area contributed by atoms with Gasteiger partial charge in [-0.05, 0) is 83.5 Å². The number of phosphoric acid groups is 1. The molecule has 0 rings (SSSR count). The first-order valence-corrected chi connectivity index (χ1v) is 24.8. The van der Waals surface area contributed by atoms with Crippen LogP contribution < -0.4 is 4.89 Å². The number of rotatable bonds is 41. The number of unbranched alkanes of at least 4 members (excludes halogenated alkanes) is 13. The smallest absolute Gasteiger partial charge is 0.306 e. The molecule has 9 nitrogen and oxygen atoms in total. The fourth-order valence-corrected chi connectivity index (χ4v) is 6.51. The van der Waals surface area contributed by atoms with E-state index in [-0.39, 0.29) is 26.1 Å². The molecule has 0 heterocycles. The third-order valence-corrected chi connectivity index (χ3v) is 10.4. The zero-order chi connectivity index (χ0) is 44.3. The Bertz CT molecular complexity index is 1290. The van der Waals surface area contributed by atoms with Gasteiger partial charge in [-0.15, -0.1) is 0 Å². The Morgan fingerprint density at radius 1 is 0.533 bits per heavy atom. The van der Waals surface area contributed by atoms with Gasteiger partial charge in [-0.2, -0.15) is 0 Å². The molecule has 0 saturated heterocycles. The molecule has 0 aliphatic heterocycles. The number of allylic oxidation sites excluding steroid dienone is 14. The number of nitrogens with zero attached hydrogens (tertiary/aromatic N) is 1. The second-order valence-electron chi connectivity index (χ2n) is 16.4. The molecule has 0 saturated carbocycles. The molecule has 2 atom stereocenters. The maximum absolute atomic E-state index is 12.7. The molecule has 0 N–H and O–H groups in total. The minimum Gasteiger partial charge on any atom is -0.756 e. The molecule has 1 unspecified atom stereocenters. The summed E-state index contributed by atoms with van der Waals surface area (Å²) in [6, 6.07) is 0. The van der Waals surface area contributed by atoms with E-state index in [1.807, 2.05) is 27.2 Å². The summed E-state index contributed by atoms with van der Waals surface area (Å²) in [7, 11) is 1.12. The average Bonchev–Trinajstić information content (AvgIpc) is 3.20. The standard InChI is InChI=1S/C50H86NO8P/c1-6-8-10-12-14-16-18-20-22-24-25-27-29-31-33-35-37-39-41-43-50(53)59-48(47-58-60(54,55)57-45-44-51(3,4)5)46-56-49(52)42-40-38-36-34-32-30-28-26-23-21-19-17-15-13-11-9-7-2/h9,11,14-17,20-23,28,30,34,36,48H,6-8,10,12-13,18-19,24-27,29,31-33,35,37-47H2,1-5H3/b11-9-,16-14-,17-15-,22-20-,23-21-,30-28-,36-34-/t48-/m1/s1. The van der Waals surface area contributed by atoms with Gasteiger partial charge in [0.25, 0.3) is 7.82 Å². The third kappa shape index (κ3) is 44.7. The first-order valence-electron chi connectivity index (χ1n) is 23.3. The van der Waals surface area contributed by atoms with Crippen LogP contribution in [0, 0.1) is 0 Å². The highest BCUT2D eigenvalue weighted by molar-refractivity contribution is 7.45. The van der Waals surface area contributed by atoms with Gasteiger partial charge in [0.2, 0.25) is 0 Å². The molecule has 344 valence electrons. The predicted molar refractivity (Wildman–Crippen MR) is 249 cm³/mol. The molecule has 0 radical (unpaired) electrons. The number of ether oxygens (including phenoxy) is 2. The number of esters is 2. The molecular formula is C50H86NO8P. The average molecular weight is 860 g/mol. The van der Waals surface area contributed by atoms with Crippen LogP contribution in [0.4, 0.5) is 0 Å². The number of hydrogen-bond donors (Lipinski definition) is 0. The topological polar surface area (TPSA) is 111 Å². The Morgan fingerprint density at radius 2 is 0.967 bits per heavy atom. The Balaban J connectivity index is 4.43. The van der Waals surface area contributed by atoms with Crippen LogP contribution in [0.15, 0.2) is 85.1 Å². The maximum atomic E-state index is 12.7. The number of likely N-dealkylation sites (N-methyl/N-ethyl adjacent to an activating group) is 1. The number of carbonyl (C=O) groups excluding carboxylic acids is 2. The van der Waals surface area contributed by atoms with Crippen molar-refractivity contribution in [3.63, 3.8) is 0 Å². The SMILES string of the molecule is CC/C=C\C/C=C\C/C=C\C/C=C\C/C=C\CCCC(=O)OC[C@H](COP(=O)([O-])OCC[N+](C)(C)C)OC(=O)CCCCCCCCCCC/C=C\C/C=C\CCCCC. The van der Waals surface area contributed by atoms with E-state index in [0.717, 1.165) is 70.6 Å². The van der Waals surface area contributed by atoms with Crippen LogP contribution in [-0.4, -0.2) is 70.0 Å². The summed E-state index contributed by atoms with van der Waals surface area (Å²) in [5.41, 5.74) is 0. The van der Waals surface area contributed by atoms with Gasteiger partial charge in [-0.3, -0.25) is 14.2 Å². The van der Waals surface area contributed by atoms with Crippen LogP contribution in [0.1, 0.15) is 168 Å². The van der Waals surface area contributed by atoms with E-state index in [9.17, 15) is 19.0 Å². The van der Waals surface area contributed by atoms with Crippen LogP contribution in [0.2, 0.25) is 0 Å². The molecule has 0 bridgehead atoms. The summed E-state index contributed by atoms with van der Waals surface area (Å²) in [6.45, 7) is 4.01. The summed E-state index contributed by atoms with van der Waals surface area (Å²) in [5.74, 6) is -0.914. The molecule has 0 fully saturated rings. The van der Waals surface area contributed by atoms with Crippen molar-refractivity contribution in [2.24, 2.45) is 0 Å². The summed E-state index contributed by atoms with van der Waals surface area (Å²) < 4.78 is 33.9. The zero-order valence-electron chi connectivity index (χ0n) is 38.6. The molecule has 0 aromatic carbocycles. The van der Waals surface area contributed by atoms with E-state index >= 15 is 0 Å². The minimum atomic E-state index is -4.65. The third-order valence-electron chi connectivity index (χ3n) is 9.40. The van der Waals surface area contributed by atoms with Crippen molar-refractivity contribution < 1.29 is 42.1 Å². The fraction of sp³-hybridized carbons (Fsp3) is 0.680. The Hall–Kier alpha value is -2.81. The normalized spacial score (nSPS) is 14.3. The lowest BCUT2D eigenvalue weighted by molar-refractivity contribution is -0.870. The summed E-state index contributed by atoms with van der Waals surface area (Å²) in [6.07, 6.45) is 53.3. The monoisotopic (exact) mass is 860 g/mol. The molecule has 0 amide bonds. The summed E-state index contributed by atoms with van der Waals surface area (Å²) >= 11 is 0. The van der Waals surface area contributed by atoms with Crippen molar-refractivity contribution in [1.29, 1.82) is 0 Å². The molecule has 60 heavy (non-hydrogen) atoms. The predicted octanol–water partition coefficient (Wildman–Crippen LogP) is 12.9. The van der Waals surface area contributed by atoms with E-state index in [4.69, 9.17) is 18.5 Å². The van der Waals surface area contributed by atoms with Gasteiger partial charge in [0, 0.05) is 12.8 Å². The molecule has 0 aromatic rings. The van der Waals surface area contributed by atoms with Gasteiger partial charge in [0.1, 0.15) is 19.8 Å². The lowest BCUT2D eigenvalue weighted by Gasteiger charge is -2.28. The lowest BCUT2D eigenvalue weighted by atomic mass is 10.1. The van der Waals surface area contributed by atoms with E-state index in [1.165, 1.54) is 57.8 Å². The Morgan fingerprint density at radius 3 is 1.47 bits per heavy atom. The molecule has 0 aliphatic rings. The van der Waals surface area contributed by atoms with Crippen molar-refractivity contribution in [2.75, 3.05) is 47.5 Å². The highest BCUT2D eigenvalue weighted by atomic mass is 31.2. The summed E-state index contributed by atoms with van der Waals surface area (Å²) in [5, 5.41) is 0. The maximum Gasteiger partial charge on any atom is 0.306 e. The van der Waals surface area contributed by atoms with E-state index in [2.05, 4.69) is 92.8 Å². The number of carbonyl (C=O) groups is 2. The van der Waals surface area contributed by atoms with Gasteiger partial charge in [-0.25, -0.2) is 0 Å². The van der Waals surface area contributed by atoms with Crippen molar-refractivity contribution in [2.45, 2.75) is 174 Å².